The summed E-state index contributed by atoms with van der Waals surface area (Å²) in [6, 6.07) is 13.9. The first kappa shape index (κ1) is 18.6. The average molecular weight is 377 g/mol. The van der Waals surface area contributed by atoms with Crippen LogP contribution < -0.4 is 14.8 Å². The molecule has 1 saturated carbocycles. The topological polar surface area (TPSA) is 47.6 Å². The summed E-state index contributed by atoms with van der Waals surface area (Å²) in [4.78, 5) is 12.6. The second-order valence-electron chi connectivity index (χ2n) is 7.72. The molecule has 4 nitrogen and oxygen atoms in total. The molecule has 1 N–H and O–H groups in total. The predicted octanol–water partition coefficient (Wildman–Crippen LogP) is 5.23. The lowest BCUT2D eigenvalue weighted by atomic mass is 9.85. The van der Waals surface area contributed by atoms with Crippen LogP contribution in [0.3, 0.4) is 0 Å². The fourth-order valence-corrected chi connectivity index (χ4v) is 4.06. The maximum absolute atomic E-state index is 12.6. The van der Waals surface area contributed by atoms with Crippen molar-refractivity contribution in [1.82, 2.24) is 0 Å². The SMILES string of the molecule is COc1ccc2c(c1)OCC(C(=O)Nc1ccc(CC3CCCCC3)cc1)=C2. The first-order valence-corrected chi connectivity index (χ1v) is 10.1. The van der Waals surface area contributed by atoms with Crippen molar-refractivity contribution in [3.63, 3.8) is 0 Å². The summed E-state index contributed by atoms with van der Waals surface area (Å²) in [6.07, 6.45) is 9.84. The molecule has 1 aliphatic carbocycles. The van der Waals surface area contributed by atoms with Crippen LogP contribution in [-0.4, -0.2) is 19.6 Å². The van der Waals surface area contributed by atoms with Crippen LogP contribution in [0, 0.1) is 5.92 Å². The predicted molar refractivity (Wildman–Crippen MR) is 112 cm³/mol. The van der Waals surface area contributed by atoms with Crippen molar-refractivity contribution in [2.24, 2.45) is 5.92 Å². The number of hydrogen-bond acceptors (Lipinski definition) is 3. The molecule has 0 spiro atoms. The van der Waals surface area contributed by atoms with Gasteiger partial charge in [-0.05, 0) is 48.2 Å². The van der Waals surface area contributed by atoms with E-state index in [1.165, 1.54) is 37.7 Å². The van der Waals surface area contributed by atoms with Crippen LogP contribution in [0.2, 0.25) is 0 Å². The molecule has 1 fully saturated rings. The monoisotopic (exact) mass is 377 g/mol. The van der Waals surface area contributed by atoms with Crippen molar-refractivity contribution in [3.8, 4) is 11.5 Å². The molecule has 2 aliphatic rings. The van der Waals surface area contributed by atoms with E-state index in [1.54, 1.807) is 7.11 Å². The largest absolute Gasteiger partial charge is 0.497 e. The van der Waals surface area contributed by atoms with E-state index in [1.807, 2.05) is 36.4 Å². The summed E-state index contributed by atoms with van der Waals surface area (Å²) in [7, 11) is 1.62. The van der Waals surface area contributed by atoms with Gasteiger partial charge in [0.1, 0.15) is 18.1 Å². The zero-order valence-corrected chi connectivity index (χ0v) is 16.4. The zero-order valence-electron chi connectivity index (χ0n) is 16.4. The van der Waals surface area contributed by atoms with Gasteiger partial charge >= 0.3 is 0 Å². The quantitative estimate of drug-likeness (QED) is 0.776. The van der Waals surface area contributed by atoms with Crippen LogP contribution >= 0.6 is 0 Å². The summed E-state index contributed by atoms with van der Waals surface area (Å²) in [5.41, 5.74) is 3.68. The molecule has 2 aromatic carbocycles. The van der Waals surface area contributed by atoms with Crippen LogP contribution in [0.25, 0.3) is 6.08 Å². The highest BCUT2D eigenvalue weighted by atomic mass is 16.5. The molecule has 146 valence electrons. The number of fused-ring (bicyclic) bond motifs is 1. The Labute approximate surface area is 166 Å². The van der Waals surface area contributed by atoms with Gasteiger partial charge in [0.25, 0.3) is 5.91 Å². The molecule has 0 unspecified atom stereocenters. The van der Waals surface area contributed by atoms with E-state index < -0.39 is 0 Å². The molecule has 2 aromatic rings. The third kappa shape index (κ3) is 4.38. The Morgan fingerprint density at radius 3 is 2.64 bits per heavy atom. The second-order valence-corrected chi connectivity index (χ2v) is 7.72. The van der Waals surface area contributed by atoms with Gasteiger partial charge in [0.15, 0.2) is 0 Å². The minimum Gasteiger partial charge on any atom is -0.497 e. The number of carbonyl (C=O) groups is 1. The van der Waals surface area contributed by atoms with Gasteiger partial charge in [-0.3, -0.25) is 4.79 Å². The lowest BCUT2D eigenvalue weighted by molar-refractivity contribution is -0.113. The summed E-state index contributed by atoms with van der Waals surface area (Å²) >= 11 is 0. The molecular formula is C24H27NO3. The number of rotatable bonds is 5. The van der Waals surface area contributed by atoms with Crippen molar-refractivity contribution in [3.05, 3.63) is 59.2 Å². The molecule has 0 atom stereocenters. The van der Waals surface area contributed by atoms with E-state index in [0.29, 0.717) is 5.57 Å². The lowest BCUT2D eigenvalue weighted by Crippen LogP contribution is -2.21. The fraction of sp³-hybridized carbons (Fsp3) is 0.375. The van der Waals surface area contributed by atoms with Crippen molar-refractivity contribution in [2.75, 3.05) is 19.0 Å². The standard InChI is InChI=1S/C24H27NO3/c1-27-22-12-9-19-14-20(16-28-23(19)15-22)24(26)25-21-10-7-18(8-11-21)13-17-5-3-2-4-6-17/h7-12,14-15,17H,2-6,13,16H2,1H3,(H,25,26). The Bertz CT molecular complexity index is 864. The maximum atomic E-state index is 12.6. The van der Waals surface area contributed by atoms with Gasteiger partial charge in [0, 0.05) is 17.3 Å². The van der Waals surface area contributed by atoms with E-state index in [-0.39, 0.29) is 12.5 Å². The molecule has 4 heteroatoms. The van der Waals surface area contributed by atoms with Gasteiger partial charge in [-0.15, -0.1) is 0 Å². The Balaban J connectivity index is 1.38. The number of amides is 1. The number of ether oxygens (including phenoxy) is 2. The molecule has 0 bridgehead atoms. The van der Waals surface area contributed by atoms with Crippen molar-refractivity contribution in [2.45, 2.75) is 38.5 Å². The smallest absolute Gasteiger partial charge is 0.255 e. The molecule has 0 aromatic heterocycles. The lowest BCUT2D eigenvalue weighted by Gasteiger charge is -2.21. The third-order valence-corrected chi connectivity index (χ3v) is 5.69. The minimum atomic E-state index is -0.124. The minimum absolute atomic E-state index is 0.124. The highest BCUT2D eigenvalue weighted by molar-refractivity contribution is 6.07. The summed E-state index contributed by atoms with van der Waals surface area (Å²) in [6.45, 7) is 0.256. The number of carbonyl (C=O) groups excluding carboxylic acids is 1. The molecule has 0 saturated heterocycles. The fourth-order valence-electron chi connectivity index (χ4n) is 4.06. The Hall–Kier alpha value is -2.75. The van der Waals surface area contributed by atoms with Gasteiger partial charge in [-0.2, -0.15) is 0 Å². The Morgan fingerprint density at radius 1 is 1.11 bits per heavy atom. The first-order chi connectivity index (χ1) is 13.7. The van der Waals surface area contributed by atoms with Gasteiger partial charge in [-0.25, -0.2) is 0 Å². The first-order valence-electron chi connectivity index (χ1n) is 10.1. The molecule has 1 amide bonds. The van der Waals surface area contributed by atoms with Gasteiger partial charge in [0.05, 0.1) is 12.7 Å². The Morgan fingerprint density at radius 2 is 1.89 bits per heavy atom. The number of anilines is 1. The molecule has 0 radical (unpaired) electrons. The summed E-state index contributed by atoms with van der Waals surface area (Å²) in [5.74, 6) is 2.18. The molecule has 1 heterocycles. The van der Waals surface area contributed by atoms with Crippen LogP contribution in [0.5, 0.6) is 11.5 Å². The van der Waals surface area contributed by atoms with Gasteiger partial charge < -0.3 is 14.8 Å². The van der Waals surface area contributed by atoms with E-state index in [4.69, 9.17) is 9.47 Å². The van der Waals surface area contributed by atoms with E-state index in [9.17, 15) is 4.79 Å². The van der Waals surface area contributed by atoms with Crippen molar-refractivity contribution < 1.29 is 14.3 Å². The average Bonchev–Trinajstić information content (AvgIpc) is 2.75. The number of hydrogen-bond donors (Lipinski definition) is 1. The van der Waals surface area contributed by atoms with Crippen molar-refractivity contribution in [1.29, 1.82) is 0 Å². The van der Waals surface area contributed by atoms with E-state index in [2.05, 4.69) is 17.4 Å². The third-order valence-electron chi connectivity index (χ3n) is 5.69. The molecule has 28 heavy (non-hydrogen) atoms. The van der Waals surface area contributed by atoms with Gasteiger partial charge in [0.2, 0.25) is 0 Å². The molecular weight excluding hydrogens is 350 g/mol. The maximum Gasteiger partial charge on any atom is 0.255 e. The van der Waals surface area contributed by atoms with Gasteiger partial charge in [-0.1, -0.05) is 44.2 Å². The highest BCUT2D eigenvalue weighted by Gasteiger charge is 2.18. The summed E-state index contributed by atoms with van der Waals surface area (Å²) in [5, 5.41) is 2.98. The molecule has 1 aliphatic heterocycles. The normalized spacial score (nSPS) is 16.5. The summed E-state index contributed by atoms with van der Waals surface area (Å²) < 4.78 is 10.9. The van der Waals surface area contributed by atoms with E-state index in [0.717, 1.165) is 35.1 Å². The highest BCUT2D eigenvalue weighted by Crippen LogP contribution is 2.31. The molecule has 4 rings (SSSR count). The van der Waals surface area contributed by atoms with Crippen LogP contribution in [-0.2, 0) is 11.2 Å². The van der Waals surface area contributed by atoms with Crippen LogP contribution in [0.4, 0.5) is 5.69 Å². The van der Waals surface area contributed by atoms with E-state index >= 15 is 0 Å². The Kier molecular flexibility index (Phi) is 5.65. The van der Waals surface area contributed by atoms with Crippen molar-refractivity contribution >= 4 is 17.7 Å². The number of benzene rings is 2. The van der Waals surface area contributed by atoms with Crippen LogP contribution in [0.15, 0.2) is 48.0 Å². The van der Waals surface area contributed by atoms with Crippen LogP contribution in [0.1, 0.15) is 43.2 Å². The second kappa shape index (κ2) is 8.51. The number of nitrogens with one attached hydrogen (secondary N) is 1. The number of methoxy groups -OCH3 is 1. The zero-order chi connectivity index (χ0) is 19.3.